The van der Waals surface area contributed by atoms with Gasteiger partial charge in [0.25, 0.3) is 5.91 Å². The van der Waals surface area contributed by atoms with Crippen LogP contribution in [0.4, 0.5) is 5.82 Å². The molecule has 0 saturated carbocycles. The summed E-state index contributed by atoms with van der Waals surface area (Å²) in [5.41, 5.74) is 3.10. The first-order valence-corrected chi connectivity index (χ1v) is 7.72. The molecule has 1 atom stereocenters. The molecule has 3 heterocycles. The number of hydrogen-bond acceptors (Lipinski definition) is 6. The van der Waals surface area contributed by atoms with Crippen molar-refractivity contribution in [3.05, 3.63) is 34.2 Å². The van der Waals surface area contributed by atoms with Crippen LogP contribution in [0, 0.1) is 6.92 Å². The number of amides is 1. The number of thiazole rings is 1. The predicted octanol–water partition coefficient (Wildman–Crippen LogP) is 1.89. The minimum atomic E-state index is -0.0184. The van der Waals surface area contributed by atoms with Crippen molar-refractivity contribution in [2.45, 2.75) is 19.4 Å². The third-order valence-corrected chi connectivity index (χ3v) is 4.16. The van der Waals surface area contributed by atoms with Crippen LogP contribution in [0.15, 0.2) is 17.0 Å². The molecule has 0 N–H and O–H groups in total. The fraction of sp³-hybridized carbons (Fsp3) is 0.429. The molecule has 21 heavy (non-hydrogen) atoms. The minimum Gasteiger partial charge on any atom is -0.363 e. The van der Waals surface area contributed by atoms with Crippen molar-refractivity contribution in [2.24, 2.45) is 0 Å². The molecule has 7 heteroatoms. The predicted molar refractivity (Wildman–Crippen MR) is 81.6 cm³/mol. The fourth-order valence-electron chi connectivity index (χ4n) is 2.38. The lowest BCUT2D eigenvalue weighted by molar-refractivity contribution is 0.0445. The molecule has 0 aromatic carbocycles. The average molecular weight is 303 g/mol. The molecule has 2 aromatic heterocycles. The Kier molecular flexibility index (Phi) is 3.59. The van der Waals surface area contributed by atoms with Crippen LogP contribution in [-0.2, 0) is 0 Å². The Morgan fingerprint density at radius 2 is 2.24 bits per heavy atom. The monoisotopic (exact) mass is 303 g/mol. The lowest BCUT2D eigenvalue weighted by atomic mass is 9.98. The van der Waals surface area contributed by atoms with Gasteiger partial charge >= 0.3 is 0 Å². The first-order valence-electron chi connectivity index (χ1n) is 6.78. The summed E-state index contributed by atoms with van der Waals surface area (Å²) in [7, 11) is 3.90. The number of likely N-dealkylation sites (tertiary alicyclic amines) is 1. The van der Waals surface area contributed by atoms with Gasteiger partial charge < -0.3 is 9.80 Å². The van der Waals surface area contributed by atoms with Gasteiger partial charge in [0.2, 0.25) is 0 Å². The number of aryl methyl sites for hydroxylation is 1. The summed E-state index contributed by atoms with van der Waals surface area (Å²) in [6.45, 7) is 2.63. The van der Waals surface area contributed by atoms with Crippen LogP contribution in [0.1, 0.15) is 34.5 Å². The van der Waals surface area contributed by atoms with Crippen LogP contribution in [-0.4, -0.2) is 46.4 Å². The van der Waals surface area contributed by atoms with Crippen molar-refractivity contribution >= 4 is 23.1 Å². The van der Waals surface area contributed by atoms with Crippen molar-refractivity contribution in [1.29, 1.82) is 0 Å². The highest BCUT2D eigenvalue weighted by molar-refractivity contribution is 7.07. The Hall–Kier alpha value is -2.02. The van der Waals surface area contributed by atoms with Gasteiger partial charge in [0, 0.05) is 32.1 Å². The molecular weight excluding hydrogens is 286 g/mol. The molecule has 1 aliphatic rings. The summed E-state index contributed by atoms with van der Waals surface area (Å²) in [4.78, 5) is 29.2. The van der Waals surface area contributed by atoms with E-state index < -0.39 is 0 Å². The molecule has 0 radical (unpaired) electrons. The highest BCUT2D eigenvalue weighted by Crippen LogP contribution is 2.34. The summed E-state index contributed by atoms with van der Waals surface area (Å²) in [5, 5.41) is 1.79. The maximum atomic E-state index is 12.4. The molecule has 1 saturated heterocycles. The molecule has 0 spiro atoms. The van der Waals surface area contributed by atoms with E-state index in [-0.39, 0.29) is 11.9 Å². The first kappa shape index (κ1) is 13.9. The average Bonchev–Trinajstić information content (AvgIpc) is 2.90. The van der Waals surface area contributed by atoms with Crippen LogP contribution >= 0.6 is 11.3 Å². The Morgan fingerprint density at radius 3 is 2.81 bits per heavy atom. The first-order chi connectivity index (χ1) is 10.1. The molecule has 1 fully saturated rings. The van der Waals surface area contributed by atoms with Gasteiger partial charge in [-0.05, 0) is 13.3 Å². The molecule has 2 aromatic rings. The van der Waals surface area contributed by atoms with Crippen molar-refractivity contribution in [3.63, 3.8) is 0 Å². The maximum absolute atomic E-state index is 12.4. The number of rotatable bonds is 3. The second kappa shape index (κ2) is 5.40. The smallest absolute Gasteiger partial charge is 0.273 e. The van der Waals surface area contributed by atoms with Crippen molar-refractivity contribution < 1.29 is 4.79 Å². The third-order valence-electron chi connectivity index (χ3n) is 3.58. The van der Waals surface area contributed by atoms with Gasteiger partial charge in [-0.15, -0.1) is 11.3 Å². The van der Waals surface area contributed by atoms with Gasteiger partial charge in [-0.3, -0.25) is 4.79 Å². The lowest BCUT2D eigenvalue weighted by Crippen LogP contribution is -2.45. The molecule has 0 aliphatic carbocycles. The number of hydrogen-bond donors (Lipinski definition) is 0. The zero-order valence-corrected chi connectivity index (χ0v) is 13.1. The van der Waals surface area contributed by atoms with Gasteiger partial charge in [-0.25, -0.2) is 15.0 Å². The van der Waals surface area contributed by atoms with Crippen LogP contribution in [0.5, 0.6) is 0 Å². The molecule has 0 unspecified atom stereocenters. The number of aromatic nitrogens is 3. The van der Waals surface area contributed by atoms with Crippen LogP contribution in [0.2, 0.25) is 0 Å². The van der Waals surface area contributed by atoms with Crippen molar-refractivity contribution in [1.82, 2.24) is 19.9 Å². The van der Waals surface area contributed by atoms with Crippen LogP contribution in [0.3, 0.4) is 0 Å². The Morgan fingerprint density at radius 1 is 1.43 bits per heavy atom. The Labute approximate surface area is 127 Å². The summed E-state index contributed by atoms with van der Waals surface area (Å²) < 4.78 is 0. The van der Waals surface area contributed by atoms with Gasteiger partial charge in [-0.2, -0.15) is 0 Å². The number of carbonyl (C=O) groups excluding carboxylic acids is 1. The summed E-state index contributed by atoms with van der Waals surface area (Å²) in [6, 6.07) is 1.98. The zero-order chi connectivity index (χ0) is 15.0. The Bertz CT molecular complexity index is 655. The van der Waals surface area contributed by atoms with E-state index in [1.807, 2.05) is 36.9 Å². The summed E-state index contributed by atoms with van der Waals surface area (Å²) >= 11 is 1.43. The van der Waals surface area contributed by atoms with Crippen LogP contribution < -0.4 is 4.90 Å². The molecule has 0 bridgehead atoms. The molecule has 1 amide bonds. The summed E-state index contributed by atoms with van der Waals surface area (Å²) in [6.07, 6.45) is 0.930. The topological polar surface area (TPSA) is 62.2 Å². The van der Waals surface area contributed by atoms with E-state index in [1.165, 1.54) is 11.3 Å². The van der Waals surface area contributed by atoms with E-state index in [4.69, 9.17) is 0 Å². The van der Waals surface area contributed by atoms with Gasteiger partial charge in [0.1, 0.15) is 17.3 Å². The van der Waals surface area contributed by atoms with Crippen molar-refractivity contribution in [3.8, 4) is 0 Å². The van der Waals surface area contributed by atoms with Crippen LogP contribution in [0.25, 0.3) is 0 Å². The highest BCUT2D eigenvalue weighted by atomic mass is 32.1. The number of anilines is 1. The fourth-order valence-corrected chi connectivity index (χ4v) is 2.90. The zero-order valence-electron chi connectivity index (χ0n) is 12.3. The van der Waals surface area contributed by atoms with Crippen molar-refractivity contribution in [2.75, 3.05) is 25.5 Å². The third kappa shape index (κ3) is 2.61. The van der Waals surface area contributed by atoms with E-state index in [9.17, 15) is 4.79 Å². The van der Waals surface area contributed by atoms with Gasteiger partial charge in [0.05, 0.1) is 17.2 Å². The quantitative estimate of drug-likeness (QED) is 0.866. The second-order valence-corrected chi connectivity index (χ2v) is 5.99. The van der Waals surface area contributed by atoms with E-state index in [0.717, 1.165) is 30.3 Å². The highest BCUT2D eigenvalue weighted by Gasteiger charge is 2.36. The van der Waals surface area contributed by atoms with E-state index >= 15 is 0 Å². The van der Waals surface area contributed by atoms with E-state index in [0.29, 0.717) is 5.69 Å². The molecule has 6 nitrogen and oxygen atoms in total. The number of nitrogens with zero attached hydrogens (tertiary/aromatic N) is 5. The molecular formula is C14H17N5OS. The van der Waals surface area contributed by atoms with E-state index in [1.54, 1.807) is 10.9 Å². The molecule has 1 aliphatic heterocycles. The standard InChI is InChI=1S/C14H17N5OS/c1-9-16-10(6-13(17-9)18(2)3)12-4-5-19(12)14(20)11-7-21-8-15-11/h6-8,12H,4-5H2,1-3H3/t12-/m0/s1. The molecule has 3 rings (SSSR count). The normalized spacial score (nSPS) is 17.5. The second-order valence-electron chi connectivity index (χ2n) is 5.27. The van der Waals surface area contributed by atoms with Gasteiger partial charge in [-0.1, -0.05) is 0 Å². The summed E-state index contributed by atoms with van der Waals surface area (Å²) in [5.74, 6) is 1.57. The lowest BCUT2D eigenvalue weighted by Gasteiger charge is -2.40. The Balaban J connectivity index is 1.86. The number of carbonyl (C=O) groups is 1. The molecule has 110 valence electrons. The van der Waals surface area contributed by atoms with E-state index in [2.05, 4.69) is 15.0 Å². The minimum absolute atomic E-state index is 0.0184. The largest absolute Gasteiger partial charge is 0.363 e. The van der Waals surface area contributed by atoms with Gasteiger partial charge in [0.15, 0.2) is 0 Å². The maximum Gasteiger partial charge on any atom is 0.273 e. The SMILES string of the molecule is Cc1nc([C@@H]2CCN2C(=O)c2cscn2)cc(N(C)C)n1.